The number of likely N-dealkylation sites (tertiary alicyclic amines) is 1. The van der Waals surface area contributed by atoms with Gasteiger partial charge in [-0.25, -0.2) is 4.79 Å². The summed E-state index contributed by atoms with van der Waals surface area (Å²) < 4.78 is 1.94. The maximum absolute atomic E-state index is 12.3. The van der Waals surface area contributed by atoms with Gasteiger partial charge in [-0.1, -0.05) is 13.3 Å². The van der Waals surface area contributed by atoms with E-state index in [0.717, 1.165) is 43.7 Å². The third-order valence-corrected chi connectivity index (χ3v) is 5.59. The Morgan fingerprint density at radius 3 is 2.77 bits per heavy atom. The molecule has 2 aliphatic heterocycles. The first-order valence-corrected chi connectivity index (χ1v) is 10.1. The van der Waals surface area contributed by atoms with Crippen molar-refractivity contribution in [3.63, 3.8) is 0 Å². The Hall–Kier alpha value is -1.60. The van der Waals surface area contributed by atoms with E-state index in [4.69, 9.17) is 0 Å². The lowest BCUT2D eigenvalue weighted by Gasteiger charge is -2.30. The zero-order chi connectivity index (χ0) is 18.5. The van der Waals surface area contributed by atoms with Crippen LogP contribution in [0.3, 0.4) is 0 Å². The van der Waals surface area contributed by atoms with Crippen molar-refractivity contribution in [2.45, 2.75) is 71.2 Å². The van der Waals surface area contributed by atoms with Gasteiger partial charge < -0.3 is 20.2 Å². The first kappa shape index (κ1) is 19.2. The van der Waals surface area contributed by atoms with Gasteiger partial charge in [-0.05, 0) is 39.3 Å². The lowest BCUT2D eigenvalue weighted by Crippen LogP contribution is -2.46. The van der Waals surface area contributed by atoms with Gasteiger partial charge in [0, 0.05) is 36.8 Å². The summed E-state index contributed by atoms with van der Waals surface area (Å²) in [6, 6.07) is 0.194. The highest BCUT2D eigenvalue weighted by Crippen LogP contribution is 2.19. The molecule has 0 spiro atoms. The maximum Gasteiger partial charge on any atom is 0.317 e. The van der Waals surface area contributed by atoms with Gasteiger partial charge in [-0.15, -0.1) is 0 Å². The number of hydrogen-bond acceptors (Lipinski definition) is 4. The Balaban J connectivity index is 1.54. The number of nitrogens with zero attached hydrogens (tertiary/aromatic N) is 4. The second-order valence-corrected chi connectivity index (χ2v) is 7.74. The van der Waals surface area contributed by atoms with Gasteiger partial charge in [-0.2, -0.15) is 5.10 Å². The van der Waals surface area contributed by atoms with Crippen LogP contribution >= 0.6 is 0 Å². The average Bonchev–Trinajstić information content (AvgIpc) is 3.04. The number of piperidine rings is 1. The monoisotopic (exact) mass is 363 g/mol. The molecule has 0 radical (unpaired) electrons. The average molecular weight is 364 g/mol. The van der Waals surface area contributed by atoms with E-state index in [0.29, 0.717) is 19.6 Å². The predicted octanol–water partition coefficient (Wildman–Crippen LogP) is 1.60. The van der Waals surface area contributed by atoms with Gasteiger partial charge >= 0.3 is 6.03 Å². The van der Waals surface area contributed by atoms with Gasteiger partial charge in [0.2, 0.25) is 0 Å². The fourth-order valence-corrected chi connectivity index (χ4v) is 3.83. The van der Waals surface area contributed by atoms with E-state index in [-0.39, 0.29) is 12.1 Å². The second-order valence-electron chi connectivity index (χ2n) is 7.74. The predicted molar refractivity (Wildman–Crippen MR) is 101 cm³/mol. The summed E-state index contributed by atoms with van der Waals surface area (Å²) in [6.07, 6.45) is 6.95. The van der Waals surface area contributed by atoms with Crippen LogP contribution in [-0.4, -0.2) is 69.0 Å². The maximum atomic E-state index is 12.3. The molecule has 1 saturated heterocycles. The normalized spacial score (nSPS) is 20.5. The molecule has 2 atom stereocenters. The Morgan fingerprint density at radius 1 is 1.27 bits per heavy atom. The van der Waals surface area contributed by atoms with Crippen molar-refractivity contribution in [2.24, 2.45) is 0 Å². The van der Waals surface area contributed by atoms with Gasteiger partial charge in [0.25, 0.3) is 0 Å². The molecule has 26 heavy (non-hydrogen) atoms. The van der Waals surface area contributed by atoms with Crippen LogP contribution < -0.4 is 5.32 Å². The molecule has 7 nitrogen and oxygen atoms in total. The van der Waals surface area contributed by atoms with Crippen LogP contribution in [0.25, 0.3) is 0 Å². The number of aromatic nitrogens is 2. The summed E-state index contributed by atoms with van der Waals surface area (Å²) in [6.45, 7) is 8.82. The van der Waals surface area contributed by atoms with E-state index in [9.17, 15) is 9.90 Å². The van der Waals surface area contributed by atoms with Crippen molar-refractivity contribution in [1.29, 1.82) is 0 Å². The first-order chi connectivity index (χ1) is 12.6. The fraction of sp³-hybridized carbons (Fsp3) is 0.789. The van der Waals surface area contributed by atoms with Gasteiger partial charge in [0.15, 0.2) is 0 Å². The number of carbonyl (C=O) groups is 1. The fourth-order valence-electron chi connectivity index (χ4n) is 3.83. The molecule has 146 valence electrons. The molecule has 3 heterocycles. The molecular formula is C19H33N5O2. The number of fused-ring (bicyclic) bond motifs is 1. The lowest BCUT2D eigenvalue weighted by atomic mass is 10.1. The highest BCUT2D eigenvalue weighted by Gasteiger charge is 2.25. The lowest BCUT2D eigenvalue weighted by molar-refractivity contribution is 0.0845. The number of aliphatic hydroxyl groups excluding tert-OH is 1. The number of carbonyl (C=O) groups excluding carboxylic acids is 1. The largest absolute Gasteiger partial charge is 0.390 e. The van der Waals surface area contributed by atoms with Crippen molar-refractivity contribution in [2.75, 3.05) is 26.2 Å². The number of nitrogens with one attached hydrogen (secondary N) is 1. The Labute approximate surface area is 156 Å². The van der Waals surface area contributed by atoms with Crippen LogP contribution in [0.5, 0.6) is 0 Å². The minimum atomic E-state index is -0.399. The molecule has 1 aromatic rings. The molecular weight excluding hydrogens is 330 g/mol. The molecule has 0 saturated carbocycles. The molecule has 7 heteroatoms. The van der Waals surface area contributed by atoms with Crippen molar-refractivity contribution in [3.05, 3.63) is 17.5 Å². The van der Waals surface area contributed by atoms with Crippen LogP contribution in [0.1, 0.15) is 50.8 Å². The van der Waals surface area contributed by atoms with E-state index in [2.05, 4.69) is 22.2 Å². The zero-order valence-corrected chi connectivity index (χ0v) is 16.2. The third kappa shape index (κ3) is 4.76. The first-order valence-electron chi connectivity index (χ1n) is 10.1. The van der Waals surface area contributed by atoms with Crippen molar-refractivity contribution in [1.82, 2.24) is 24.9 Å². The Morgan fingerprint density at radius 2 is 2.04 bits per heavy atom. The highest BCUT2D eigenvalue weighted by atomic mass is 16.3. The van der Waals surface area contributed by atoms with E-state index in [1.54, 1.807) is 0 Å². The van der Waals surface area contributed by atoms with Crippen LogP contribution in [0.4, 0.5) is 4.79 Å². The van der Waals surface area contributed by atoms with Gasteiger partial charge in [0.1, 0.15) is 0 Å². The molecule has 1 aromatic heterocycles. The number of rotatable bonds is 6. The number of aliphatic hydroxyl groups is 1. The van der Waals surface area contributed by atoms with Crippen molar-refractivity contribution in [3.8, 4) is 0 Å². The number of urea groups is 1. The summed E-state index contributed by atoms with van der Waals surface area (Å²) in [5.41, 5.74) is 2.26. The molecule has 0 aliphatic carbocycles. The number of β-amino-alcohol motifs (C(OH)–C–C–N with tert-alkyl or cyclic N) is 1. The highest BCUT2D eigenvalue weighted by molar-refractivity contribution is 5.74. The smallest absolute Gasteiger partial charge is 0.317 e. The molecule has 2 aliphatic rings. The quantitative estimate of drug-likeness (QED) is 0.805. The Bertz CT molecular complexity index is 597. The van der Waals surface area contributed by atoms with Crippen molar-refractivity contribution < 1.29 is 9.90 Å². The molecule has 0 aromatic carbocycles. The molecule has 1 unspecified atom stereocenters. The minimum absolute atomic E-state index is 0.00267. The summed E-state index contributed by atoms with van der Waals surface area (Å²) >= 11 is 0. The van der Waals surface area contributed by atoms with Gasteiger partial charge in [-0.3, -0.25) is 4.68 Å². The van der Waals surface area contributed by atoms with Crippen LogP contribution in [0.15, 0.2) is 6.20 Å². The molecule has 2 amide bonds. The topological polar surface area (TPSA) is 73.6 Å². The second kappa shape index (κ2) is 8.86. The zero-order valence-electron chi connectivity index (χ0n) is 16.2. The third-order valence-electron chi connectivity index (χ3n) is 5.59. The number of amides is 2. The molecule has 1 fully saturated rings. The SMILES string of the molecule is CCC(C)NC(=O)N1CCc2c(cnn2C[C@@H](O)CN2CCCCC2)C1. The summed E-state index contributed by atoms with van der Waals surface area (Å²) in [5, 5.41) is 18.0. The summed E-state index contributed by atoms with van der Waals surface area (Å²) in [5.74, 6) is 0. The van der Waals surface area contributed by atoms with E-state index in [1.165, 1.54) is 19.3 Å². The van der Waals surface area contributed by atoms with Crippen molar-refractivity contribution >= 4 is 6.03 Å². The molecule has 0 bridgehead atoms. The number of hydrogen-bond donors (Lipinski definition) is 2. The van der Waals surface area contributed by atoms with Crippen LogP contribution in [0, 0.1) is 0 Å². The van der Waals surface area contributed by atoms with E-state index in [1.807, 2.05) is 22.7 Å². The molecule has 2 N–H and O–H groups in total. The Kier molecular flexibility index (Phi) is 6.53. The molecule has 3 rings (SSSR count). The van der Waals surface area contributed by atoms with Gasteiger partial charge in [0.05, 0.1) is 25.4 Å². The summed E-state index contributed by atoms with van der Waals surface area (Å²) in [7, 11) is 0. The van der Waals surface area contributed by atoms with Crippen LogP contribution in [0.2, 0.25) is 0 Å². The summed E-state index contributed by atoms with van der Waals surface area (Å²) in [4.78, 5) is 16.5. The van der Waals surface area contributed by atoms with Crippen LogP contribution in [-0.2, 0) is 19.5 Å². The standard InChI is InChI=1S/C19H33N5O2/c1-3-15(2)21-19(26)23-10-7-18-16(12-23)11-20-24(18)14-17(25)13-22-8-5-4-6-9-22/h11,15,17,25H,3-10,12-14H2,1-2H3,(H,21,26)/t15?,17-/m0/s1. The van der Waals surface area contributed by atoms with E-state index >= 15 is 0 Å². The minimum Gasteiger partial charge on any atom is -0.390 e. The van der Waals surface area contributed by atoms with E-state index < -0.39 is 6.10 Å².